The summed E-state index contributed by atoms with van der Waals surface area (Å²) in [7, 11) is 1.79. The molecule has 0 spiro atoms. The molecule has 0 bridgehead atoms. The first-order chi connectivity index (χ1) is 16.0. The molecular formula is C24H19ClN6O2. The number of halogens is 1. The van der Waals surface area contributed by atoms with Gasteiger partial charge in [0.15, 0.2) is 5.82 Å². The van der Waals surface area contributed by atoms with E-state index in [9.17, 15) is 10.1 Å². The van der Waals surface area contributed by atoms with Crippen LogP contribution in [-0.4, -0.2) is 20.4 Å². The van der Waals surface area contributed by atoms with Crippen LogP contribution < -0.4 is 15.4 Å². The third kappa shape index (κ3) is 4.31. The maximum absolute atomic E-state index is 12.0. The maximum atomic E-state index is 12.0. The largest absolute Gasteiger partial charge is 0.456 e. The van der Waals surface area contributed by atoms with Gasteiger partial charge in [-0.2, -0.15) is 5.26 Å². The lowest BCUT2D eigenvalue weighted by Gasteiger charge is -2.12. The number of nitrogens with one attached hydrogen (secondary N) is 2. The number of aromatic nitrogens is 3. The average molecular weight is 459 g/mol. The van der Waals surface area contributed by atoms with Gasteiger partial charge in [-0.15, -0.1) is 0 Å². The quantitative estimate of drug-likeness (QED) is 0.402. The number of carbonyl (C=O) groups is 1. The minimum Gasteiger partial charge on any atom is -0.456 e. The first kappa shape index (κ1) is 20.8. The Balaban J connectivity index is 1.34. The number of rotatable bonds is 6. The van der Waals surface area contributed by atoms with Crippen LogP contribution in [0.25, 0.3) is 11.0 Å². The van der Waals surface area contributed by atoms with Crippen LogP contribution >= 0.6 is 11.6 Å². The smallest absolute Gasteiger partial charge is 0.227 e. The number of nitrogens with zero attached hydrogens (tertiary/aromatic N) is 4. The summed E-state index contributed by atoms with van der Waals surface area (Å²) in [4.78, 5) is 20.6. The summed E-state index contributed by atoms with van der Waals surface area (Å²) >= 11 is 6.48. The zero-order valence-electron chi connectivity index (χ0n) is 17.7. The van der Waals surface area contributed by atoms with Gasteiger partial charge < -0.3 is 19.9 Å². The van der Waals surface area contributed by atoms with Gasteiger partial charge in [0.1, 0.15) is 35.1 Å². The molecule has 1 aliphatic carbocycles. The molecule has 9 heteroatoms. The summed E-state index contributed by atoms with van der Waals surface area (Å²) in [5, 5.41) is 15.8. The minimum absolute atomic E-state index is 0.0413. The maximum Gasteiger partial charge on any atom is 0.227 e. The van der Waals surface area contributed by atoms with Crippen molar-refractivity contribution in [3.8, 4) is 17.6 Å². The Bertz CT molecular complexity index is 1420. The van der Waals surface area contributed by atoms with E-state index in [-0.39, 0.29) is 11.8 Å². The number of hydrogen-bond acceptors (Lipinski definition) is 6. The normalized spacial score (nSPS) is 12.9. The van der Waals surface area contributed by atoms with E-state index in [1.54, 1.807) is 41.9 Å². The van der Waals surface area contributed by atoms with Gasteiger partial charge in [-0.1, -0.05) is 17.7 Å². The van der Waals surface area contributed by atoms with Crippen LogP contribution in [0.1, 0.15) is 18.5 Å². The molecule has 0 unspecified atom stereocenters. The molecule has 164 valence electrons. The van der Waals surface area contributed by atoms with E-state index in [0.29, 0.717) is 44.9 Å². The molecule has 33 heavy (non-hydrogen) atoms. The molecule has 1 aliphatic rings. The summed E-state index contributed by atoms with van der Waals surface area (Å²) < 4.78 is 7.68. The van der Waals surface area contributed by atoms with Gasteiger partial charge in [0.05, 0.1) is 10.5 Å². The van der Waals surface area contributed by atoms with Crippen molar-refractivity contribution in [3.05, 3.63) is 65.6 Å². The van der Waals surface area contributed by atoms with Crippen molar-refractivity contribution in [2.75, 3.05) is 10.6 Å². The monoisotopic (exact) mass is 458 g/mol. The molecule has 1 amide bonds. The fourth-order valence-electron chi connectivity index (χ4n) is 3.53. The molecule has 0 atom stereocenters. The lowest BCUT2D eigenvalue weighted by atomic mass is 10.2. The van der Waals surface area contributed by atoms with E-state index in [2.05, 4.69) is 26.7 Å². The van der Waals surface area contributed by atoms with E-state index in [1.165, 1.54) is 6.33 Å². The molecule has 0 aliphatic heterocycles. The Hall–Kier alpha value is -4.09. The van der Waals surface area contributed by atoms with Crippen LogP contribution in [0.4, 0.5) is 17.2 Å². The molecule has 2 aromatic heterocycles. The number of hydrogen-bond donors (Lipinski definition) is 2. The van der Waals surface area contributed by atoms with E-state index in [4.69, 9.17) is 16.3 Å². The highest BCUT2D eigenvalue weighted by molar-refractivity contribution is 6.32. The zero-order chi connectivity index (χ0) is 22.9. The van der Waals surface area contributed by atoms with Crippen LogP contribution in [0.2, 0.25) is 5.02 Å². The lowest BCUT2D eigenvalue weighted by Crippen LogP contribution is -2.13. The number of amides is 1. The minimum atomic E-state index is 0.0413. The SMILES string of the molecule is Cn1c(C#N)cc2ncnc(Nc3ccc(Oc4cccc(NC(=O)C5CC5)c4)c(Cl)c3)c21. The lowest BCUT2D eigenvalue weighted by molar-refractivity contribution is -0.117. The number of anilines is 3. The van der Waals surface area contributed by atoms with Crippen molar-refractivity contribution in [3.63, 3.8) is 0 Å². The zero-order valence-corrected chi connectivity index (χ0v) is 18.4. The summed E-state index contributed by atoms with van der Waals surface area (Å²) in [6.45, 7) is 0. The summed E-state index contributed by atoms with van der Waals surface area (Å²) in [6, 6.07) is 16.4. The highest BCUT2D eigenvalue weighted by Crippen LogP contribution is 2.35. The van der Waals surface area contributed by atoms with E-state index in [0.717, 1.165) is 18.4 Å². The van der Waals surface area contributed by atoms with Gasteiger partial charge in [-0.3, -0.25) is 4.79 Å². The van der Waals surface area contributed by atoms with Gasteiger partial charge in [-0.25, -0.2) is 9.97 Å². The van der Waals surface area contributed by atoms with Gasteiger partial charge in [-0.05, 0) is 43.2 Å². The topological polar surface area (TPSA) is 105 Å². The first-order valence-electron chi connectivity index (χ1n) is 10.4. The standard InChI is InChI=1S/C24H19ClN6O2/c1-31-17(12-26)11-20-22(31)23(28-13-27-20)29-16-7-8-21(19(25)10-16)33-18-4-2-3-15(9-18)30-24(32)14-5-6-14/h2-4,7-11,13-14H,5-6H2,1H3,(H,30,32)(H,27,28,29). The van der Waals surface area contributed by atoms with Crippen LogP contribution in [0.3, 0.4) is 0 Å². The predicted molar refractivity (Wildman–Crippen MR) is 126 cm³/mol. The molecule has 1 fully saturated rings. The van der Waals surface area contributed by atoms with Gasteiger partial charge in [0, 0.05) is 36.5 Å². The molecule has 0 saturated heterocycles. The van der Waals surface area contributed by atoms with Gasteiger partial charge in [0.2, 0.25) is 5.91 Å². The van der Waals surface area contributed by atoms with Gasteiger partial charge >= 0.3 is 0 Å². The van der Waals surface area contributed by atoms with Crippen molar-refractivity contribution in [1.29, 1.82) is 5.26 Å². The predicted octanol–water partition coefficient (Wildman–Crippen LogP) is 5.38. The second-order valence-corrected chi connectivity index (χ2v) is 8.23. The Kier molecular flexibility index (Phi) is 5.32. The van der Waals surface area contributed by atoms with Crippen molar-refractivity contribution in [2.24, 2.45) is 13.0 Å². The average Bonchev–Trinajstić information content (AvgIpc) is 3.60. The third-order valence-electron chi connectivity index (χ3n) is 5.41. The number of nitriles is 1. The van der Waals surface area contributed by atoms with E-state index in [1.807, 2.05) is 18.2 Å². The third-order valence-corrected chi connectivity index (χ3v) is 5.70. The second kappa shape index (κ2) is 8.45. The van der Waals surface area contributed by atoms with Crippen LogP contribution in [0.5, 0.6) is 11.5 Å². The van der Waals surface area contributed by atoms with E-state index < -0.39 is 0 Å². The van der Waals surface area contributed by atoms with E-state index >= 15 is 0 Å². The Morgan fingerprint density at radius 3 is 2.79 bits per heavy atom. The fraction of sp³-hybridized carbons (Fsp3) is 0.167. The number of ether oxygens (including phenoxy) is 1. The summed E-state index contributed by atoms with van der Waals surface area (Å²) in [6.07, 6.45) is 3.34. The van der Waals surface area contributed by atoms with Crippen molar-refractivity contribution in [1.82, 2.24) is 14.5 Å². The number of carbonyl (C=O) groups excluding carboxylic acids is 1. The van der Waals surface area contributed by atoms with Crippen molar-refractivity contribution < 1.29 is 9.53 Å². The Morgan fingerprint density at radius 2 is 2.03 bits per heavy atom. The molecule has 8 nitrogen and oxygen atoms in total. The summed E-state index contributed by atoms with van der Waals surface area (Å²) in [5.74, 6) is 1.78. The van der Waals surface area contributed by atoms with Gasteiger partial charge in [0.25, 0.3) is 0 Å². The molecule has 2 heterocycles. The molecule has 4 aromatic rings. The molecular weight excluding hydrogens is 440 g/mol. The molecule has 0 radical (unpaired) electrons. The second-order valence-electron chi connectivity index (χ2n) is 7.82. The highest BCUT2D eigenvalue weighted by atomic mass is 35.5. The van der Waals surface area contributed by atoms with Crippen molar-refractivity contribution >= 4 is 45.7 Å². The fourth-order valence-corrected chi connectivity index (χ4v) is 3.75. The number of fused-ring (bicyclic) bond motifs is 1. The van der Waals surface area contributed by atoms with Crippen LogP contribution in [0.15, 0.2) is 54.9 Å². The Morgan fingerprint density at radius 1 is 1.18 bits per heavy atom. The van der Waals surface area contributed by atoms with Crippen LogP contribution in [0, 0.1) is 17.2 Å². The molecule has 5 rings (SSSR count). The molecule has 2 aromatic carbocycles. The number of benzene rings is 2. The Labute approximate surface area is 194 Å². The van der Waals surface area contributed by atoms with Crippen molar-refractivity contribution in [2.45, 2.75) is 12.8 Å². The highest BCUT2D eigenvalue weighted by Gasteiger charge is 2.29. The van der Waals surface area contributed by atoms with Crippen LogP contribution in [-0.2, 0) is 11.8 Å². The molecule has 1 saturated carbocycles. The summed E-state index contributed by atoms with van der Waals surface area (Å²) in [5.41, 5.74) is 3.27. The molecule has 2 N–H and O–H groups in total. The number of aryl methyl sites for hydroxylation is 1. The first-order valence-corrected chi connectivity index (χ1v) is 10.8.